The minimum absolute atomic E-state index is 0.113. The van der Waals surface area contributed by atoms with Crippen LogP contribution in [0.4, 0.5) is 0 Å². The van der Waals surface area contributed by atoms with Crippen molar-refractivity contribution in [3.05, 3.63) is 36.5 Å². The van der Waals surface area contributed by atoms with Crippen molar-refractivity contribution in [3.63, 3.8) is 0 Å². The molecular formula is C52H96O9. The van der Waals surface area contributed by atoms with Crippen molar-refractivity contribution in [2.45, 2.75) is 263 Å². The van der Waals surface area contributed by atoms with Gasteiger partial charge in [-0.3, -0.25) is 4.79 Å². The summed E-state index contributed by atoms with van der Waals surface area (Å²) < 4.78 is 22.9. The molecular weight excluding hydrogens is 769 g/mol. The number of hydrogen-bond donors (Lipinski definition) is 4. The molecule has 0 aromatic carbocycles. The average Bonchev–Trinajstić information content (AvgIpc) is 3.26. The van der Waals surface area contributed by atoms with E-state index in [-0.39, 0.29) is 19.2 Å². The van der Waals surface area contributed by atoms with Crippen LogP contribution in [-0.2, 0) is 23.7 Å². The average molecular weight is 865 g/mol. The molecule has 0 aliphatic carbocycles. The zero-order chi connectivity index (χ0) is 44.3. The van der Waals surface area contributed by atoms with E-state index in [1.54, 1.807) is 0 Å². The largest absolute Gasteiger partial charge is 0.457 e. The van der Waals surface area contributed by atoms with Crippen molar-refractivity contribution in [1.29, 1.82) is 0 Å². The van der Waals surface area contributed by atoms with Crippen LogP contribution in [0.2, 0.25) is 0 Å². The van der Waals surface area contributed by atoms with Crippen LogP contribution in [0.5, 0.6) is 0 Å². The Kier molecular flexibility index (Phi) is 41.1. The molecule has 9 nitrogen and oxygen atoms in total. The molecule has 1 rings (SSSR count). The third-order valence-electron chi connectivity index (χ3n) is 11.8. The molecule has 4 N–H and O–H groups in total. The van der Waals surface area contributed by atoms with Gasteiger partial charge in [-0.15, -0.1) is 0 Å². The SMILES string of the molecule is CCCCCCC/C=C\C/C=C\C/C=C\CCCCCCCCCCCOCC(COC1OC(CO)C(O)C(O)C1O)OC(=O)CCCCCCCCCCCCCCCC. The highest BCUT2D eigenvalue weighted by Gasteiger charge is 2.44. The molecule has 0 spiro atoms. The van der Waals surface area contributed by atoms with E-state index in [1.807, 2.05) is 0 Å². The summed E-state index contributed by atoms with van der Waals surface area (Å²) >= 11 is 0. The maximum Gasteiger partial charge on any atom is 0.306 e. The van der Waals surface area contributed by atoms with E-state index in [2.05, 4.69) is 50.3 Å². The van der Waals surface area contributed by atoms with Crippen molar-refractivity contribution in [2.24, 2.45) is 0 Å². The lowest BCUT2D eigenvalue weighted by Crippen LogP contribution is -2.59. The maximum atomic E-state index is 12.8. The molecule has 0 aromatic rings. The number of aliphatic hydroxyl groups is 4. The van der Waals surface area contributed by atoms with E-state index < -0.39 is 43.4 Å². The molecule has 61 heavy (non-hydrogen) atoms. The van der Waals surface area contributed by atoms with Crippen LogP contribution in [0.1, 0.15) is 226 Å². The molecule has 0 aromatic heterocycles. The van der Waals surface area contributed by atoms with Crippen molar-refractivity contribution in [3.8, 4) is 0 Å². The monoisotopic (exact) mass is 865 g/mol. The standard InChI is InChI=1S/C52H96O9/c1-3-5-7-9-11-13-15-17-19-20-21-22-23-24-25-26-27-28-30-32-34-36-38-40-42-58-44-46(45-59-52-51(57)50(56)49(55)47(43-53)61-52)60-48(54)41-39-37-35-33-31-29-18-16-14-12-10-8-6-4-2/h15,17,20-21,23-24,46-47,49-53,55-57H,3-14,16,18-19,22,25-45H2,1-2H3/b17-15-,21-20-,24-23-. The second-order valence-electron chi connectivity index (χ2n) is 17.6. The van der Waals surface area contributed by atoms with Gasteiger partial charge >= 0.3 is 5.97 Å². The van der Waals surface area contributed by atoms with Crippen LogP contribution in [0, 0.1) is 0 Å². The molecule has 1 saturated heterocycles. The lowest BCUT2D eigenvalue weighted by Gasteiger charge is -2.39. The summed E-state index contributed by atoms with van der Waals surface area (Å²) in [7, 11) is 0. The third-order valence-corrected chi connectivity index (χ3v) is 11.8. The van der Waals surface area contributed by atoms with Crippen LogP contribution in [-0.4, -0.2) is 89.6 Å². The van der Waals surface area contributed by atoms with Crippen molar-refractivity contribution in [2.75, 3.05) is 26.4 Å². The van der Waals surface area contributed by atoms with E-state index in [1.165, 1.54) is 161 Å². The van der Waals surface area contributed by atoms with Crippen LogP contribution in [0.3, 0.4) is 0 Å². The molecule has 1 aliphatic heterocycles. The van der Waals surface area contributed by atoms with Gasteiger partial charge < -0.3 is 39.4 Å². The predicted octanol–water partition coefficient (Wildman–Crippen LogP) is 12.3. The van der Waals surface area contributed by atoms with Gasteiger partial charge in [-0.05, 0) is 51.4 Å². The normalized spacial score (nSPS) is 20.1. The molecule has 9 heteroatoms. The van der Waals surface area contributed by atoms with Gasteiger partial charge in [0, 0.05) is 13.0 Å². The molecule has 0 saturated carbocycles. The first-order chi connectivity index (χ1) is 29.9. The summed E-state index contributed by atoms with van der Waals surface area (Å²) in [6.45, 7) is 4.56. The van der Waals surface area contributed by atoms with Crippen molar-refractivity contribution in [1.82, 2.24) is 0 Å². The van der Waals surface area contributed by atoms with Gasteiger partial charge in [0.05, 0.1) is 19.8 Å². The van der Waals surface area contributed by atoms with Crippen LogP contribution in [0.25, 0.3) is 0 Å². The quantitative estimate of drug-likeness (QED) is 0.0268. The van der Waals surface area contributed by atoms with E-state index in [0.29, 0.717) is 13.0 Å². The molecule has 358 valence electrons. The predicted molar refractivity (Wildman–Crippen MR) is 252 cm³/mol. The van der Waals surface area contributed by atoms with Gasteiger partial charge in [-0.25, -0.2) is 0 Å². The lowest BCUT2D eigenvalue weighted by atomic mass is 9.99. The van der Waals surface area contributed by atoms with Gasteiger partial charge in [0.1, 0.15) is 30.5 Å². The van der Waals surface area contributed by atoms with Crippen molar-refractivity contribution >= 4 is 5.97 Å². The number of hydrogen-bond acceptors (Lipinski definition) is 9. The Hall–Kier alpha value is -1.59. The molecule has 1 fully saturated rings. The van der Waals surface area contributed by atoms with Gasteiger partial charge in [0.2, 0.25) is 0 Å². The molecule has 1 aliphatic rings. The maximum absolute atomic E-state index is 12.8. The Morgan fingerprint density at radius 1 is 0.525 bits per heavy atom. The fraction of sp³-hybridized carbons (Fsp3) is 0.865. The number of esters is 1. The minimum atomic E-state index is -1.54. The van der Waals surface area contributed by atoms with E-state index >= 15 is 0 Å². The van der Waals surface area contributed by atoms with Crippen LogP contribution >= 0.6 is 0 Å². The van der Waals surface area contributed by atoms with Gasteiger partial charge in [-0.1, -0.05) is 204 Å². The number of aliphatic hydroxyl groups excluding tert-OH is 4. The third kappa shape index (κ3) is 34.5. The van der Waals surface area contributed by atoms with E-state index in [4.69, 9.17) is 18.9 Å². The topological polar surface area (TPSA) is 135 Å². The fourth-order valence-electron chi connectivity index (χ4n) is 7.79. The highest BCUT2D eigenvalue weighted by atomic mass is 16.7. The first-order valence-corrected chi connectivity index (χ1v) is 25.6. The Morgan fingerprint density at radius 2 is 0.951 bits per heavy atom. The number of unbranched alkanes of at least 4 members (excludes halogenated alkanes) is 27. The summed E-state index contributed by atoms with van der Waals surface area (Å²) in [5.74, 6) is -0.313. The molecule has 0 amide bonds. The number of carbonyl (C=O) groups excluding carboxylic acids is 1. The molecule has 0 radical (unpaired) electrons. The smallest absolute Gasteiger partial charge is 0.306 e. The molecule has 6 unspecified atom stereocenters. The van der Waals surface area contributed by atoms with Crippen LogP contribution in [0.15, 0.2) is 36.5 Å². The molecule has 0 bridgehead atoms. The Morgan fingerprint density at radius 3 is 1.43 bits per heavy atom. The number of rotatable bonds is 44. The summed E-state index contributed by atoms with van der Waals surface area (Å²) in [5, 5.41) is 40.2. The number of allylic oxidation sites excluding steroid dienone is 6. The van der Waals surface area contributed by atoms with E-state index in [0.717, 1.165) is 44.9 Å². The second-order valence-corrected chi connectivity index (χ2v) is 17.6. The Labute approximate surface area is 374 Å². The number of carbonyl (C=O) groups is 1. The zero-order valence-corrected chi connectivity index (χ0v) is 39.4. The summed E-state index contributed by atoms with van der Waals surface area (Å²) in [6, 6.07) is 0. The summed E-state index contributed by atoms with van der Waals surface area (Å²) in [5.41, 5.74) is 0. The highest BCUT2D eigenvalue weighted by molar-refractivity contribution is 5.69. The minimum Gasteiger partial charge on any atom is -0.457 e. The fourth-order valence-corrected chi connectivity index (χ4v) is 7.79. The van der Waals surface area contributed by atoms with E-state index in [9.17, 15) is 25.2 Å². The Balaban J connectivity index is 2.19. The number of ether oxygens (including phenoxy) is 4. The van der Waals surface area contributed by atoms with Gasteiger partial charge in [0.25, 0.3) is 0 Å². The zero-order valence-electron chi connectivity index (χ0n) is 39.4. The Bertz CT molecular complexity index is 1030. The second kappa shape index (κ2) is 43.7. The highest BCUT2D eigenvalue weighted by Crippen LogP contribution is 2.23. The molecule has 1 heterocycles. The van der Waals surface area contributed by atoms with Crippen LogP contribution < -0.4 is 0 Å². The summed E-state index contributed by atoms with van der Waals surface area (Å²) in [6.07, 6.45) is 46.0. The molecule has 6 atom stereocenters. The lowest BCUT2D eigenvalue weighted by molar-refractivity contribution is -0.305. The van der Waals surface area contributed by atoms with Crippen molar-refractivity contribution < 1.29 is 44.2 Å². The van der Waals surface area contributed by atoms with Gasteiger partial charge in [-0.2, -0.15) is 0 Å². The van der Waals surface area contributed by atoms with Gasteiger partial charge in [0.15, 0.2) is 6.29 Å². The summed E-state index contributed by atoms with van der Waals surface area (Å²) in [4.78, 5) is 12.8. The first kappa shape index (κ1) is 57.4. The first-order valence-electron chi connectivity index (χ1n) is 25.6.